The molecule has 1 aromatic heterocycles. The fourth-order valence-corrected chi connectivity index (χ4v) is 2.74. The van der Waals surface area contributed by atoms with Crippen LogP contribution in [0.3, 0.4) is 0 Å². The SMILES string of the molecule is Cc1nc(-c2ccccc2)oc1C(=O)NCCC1CCNC1.Cl. The minimum atomic E-state index is -0.182. The number of halogens is 1. The summed E-state index contributed by atoms with van der Waals surface area (Å²) >= 11 is 0. The highest BCUT2D eigenvalue weighted by atomic mass is 35.5. The summed E-state index contributed by atoms with van der Waals surface area (Å²) in [5, 5.41) is 6.26. The molecule has 1 aromatic carbocycles. The fourth-order valence-electron chi connectivity index (χ4n) is 2.74. The van der Waals surface area contributed by atoms with Crippen molar-refractivity contribution in [2.24, 2.45) is 5.92 Å². The number of hydrogen-bond acceptors (Lipinski definition) is 4. The zero-order valence-corrected chi connectivity index (χ0v) is 14.0. The molecular weight excluding hydrogens is 314 g/mol. The first-order valence-electron chi connectivity index (χ1n) is 7.76. The number of nitrogens with zero attached hydrogens (tertiary/aromatic N) is 1. The molecule has 1 saturated heterocycles. The molecule has 1 atom stereocenters. The molecule has 1 aliphatic rings. The van der Waals surface area contributed by atoms with E-state index in [0.717, 1.165) is 25.1 Å². The minimum absolute atomic E-state index is 0. The van der Waals surface area contributed by atoms with Crippen molar-refractivity contribution in [3.05, 3.63) is 41.8 Å². The monoisotopic (exact) mass is 335 g/mol. The maximum atomic E-state index is 12.2. The van der Waals surface area contributed by atoms with Crippen LogP contribution in [-0.4, -0.2) is 30.5 Å². The number of nitrogens with one attached hydrogen (secondary N) is 2. The Labute approximate surface area is 142 Å². The summed E-state index contributed by atoms with van der Waals surface area (Å²) < 4.78 is 5.65. The third-order valence-electron chi connectivity index (χ3n) is 4.02. The van der Waals surface area contributed by atoms with Gasteiger partial charge < -0.3 is 15.1 Å². The molecule has 0 spiro atoms. The summed E-state index contributed by atoms with van der Waals surface area (Å²) in [6.45, 7) is 4.60. The number of benzene rings is 1. The van der Waals surface area contributed by atoms with E-state index in [-0.39, 0.29) is 18.3 Å². The number of aryl methyl sites for hydroxylation is 1. The molecule has 23 heavy (non-hydrogen) atoms. The average molecular weight is 336 g/mol. The normalized spacial score (nSPS) is 16.8. The van der Waals surface area contributed by atoms with E-state index in [9.17, 15) is 4.79 Å². The van der Waals surface area contributed by atoms with Gasteiger partial charge in [0.2, 0.25) is 11.7 Å². The van der Waals surface area contributed by atoms with Crippen LogP contribution in [0.2, 0.25) is 0 Å². The average Bonchev–Trinajstić information content (AvgIpc) is 3.17. The van der Waals surface area contributed by atoms with Crippen molar-refractivity contribution in [1.29, 1.82) is 0 Å². The molecule has 3 rings (SSSR count). The van der Waals surface area contributed by atoms with Gasteiger partial charge in [-0.05, 0) is 50.9 Å². The molecule has 2 aromatic rings. The van der Waals surface area contributed by atoms with Gasteiger partial charge >= 0.3 is 0 Å². The van der Waals surface area contributed by atoms with Gasteiger partial charge in [-0.25, -0.2) is 4.98 Å². The lowest BCUT2D eigenvalue weighted by Crippen LogP contribution is -2.26. The van der Waals surface area contributed by atoms with Crippen molar-refractivity contribution in [1.82, 2.24) is 15.6 Å². The van der Waals surface area contributed by atoms with E-state index in [2.05, 4.69) is 15.6 Å². The van der Waals surface area contributed by atoms with Crippen molar-refractivity contribution < 1.29 is 9.21 Å². The second-order valence-electron chi connectivity index (χ2n) is 5.70. The highest BCUT2D eigenvalue weighted by Crippen LogP contribution is 2.21. The number of aromatic nitrogens is 1. The van der Waals surface area contributed by atoms with Crippen LogP contribution in [0.4, 0.5) is 0 Å². The van der Waals surface area contributed by atoms with Gasteiger partial charge in [0.15, 0.2) is 0 Å². The van der Waals surface area contributed by atoms with Crippen LogP contribution in [0, 0.1) is 12.8 Å². The van der Waals surface area contributed by atoms with E-state index in [4.69, 9.17) is 4.42 Å². The van der Waals surface area contributed by atoms with E-state index >= 15 is 0 Å². The molecule has 6 heteroatoms. The molecule has 2 heterocycles. The Morgan fingerprint density at radius 3 is 2.87 bits per heavy atom. The third-order valence-corrected chi connectivity index (χ3v) is 4.02. The lowest BCUT2D eigenvalue weighted by Gasteiger charge is -2.08. The molecule has 0 aliphatic carbocycles. The minimum Gasteiger partial charge on any atom is -0.431 e. The summed E-state index contributed by atoms with van der Waals surface area (Å²) in [6, 6.07) is 9.61. The molecule has 1 unspecified atom stereocenters. The van der Waals surface area contributed by atoms with Gasteiger partial charge in [-0.3, -0.25) is 4.79 Å². The summed E-state index contributed by atoms with van der Waals surface area (Å²) in [7, 11) is 0. The first-order chi connectivity index (χ1) is 10.7. The van der Waals surface area contributed by atoms with Crippen LogP contribution in [0.5, 0.6) is 0 Å². The number of hydrogen-bond donors (Lipinski definition) is 2. The smallest absolute Gasteiger partial charge is 0.289 e. The fraction of sp³-hybridized carbons (Fsp3) is 0.412. The highest BCUT2D eigenvalue weighted by molar-refractivity contribution is 5.92. The quantitative estimate of drug-likeness (QED) is 0.881. The van der Waals surface area contributed by atoms with Crippen molar-refractivity contribution in [3.63, 3.8) is 0 Å². The molecule has 1 fully saturated rings. The summed E-state index contributed by atoms with van der Waals surface area (Å²) in [5.41, 5.74) is 1.50. The van der Waals surface area contributed by atoms with E-state index in [1.165, 1.54) is 6.42 Å². The highest BCUT2D eigenvalue weighted by Gasteiger charge is 2.19. The lowest BCUT2D eigenvalue weighted by molar-refractivity contribution is 0.0924. The van der Waals surface area contributed by atoms with Gasteiger partial charge in [-0.2, -0.15) is 0 Å². The van der Waals surface area contributed by atoms with Crippen molar-refractivity contribution in [2.75, 3.05) is 19.6 Å². The molecular formula is C17H22ClN3O2. The summed E-state index contributed by atoms with van der Waals surface area (Å²) in [4.78, 5) is 16.6. The van der Waals surface area contributed by atoms with Gasteiger partial charge in [0, 0.05) is 12.1 Å². The molecule has 1 amide bonds. The second kappa shape index (κ2) is 8.13. The molecule has 0 bridgehead atoms. The maximum absolute atomic E-state index is 12.2. The summed E-state index contributed by atoms with van der Waals surface area (Å²) in [5.74, 6) is 1.28. The Morgan fingerprint density at radius 1 is 1.39 bits per heavy atom. The number of amides is 1. The zero-order chi connectivity index (χ0) is 15.4. The van der Waals surface area contributed by atoms with Gasteiger partial charge in [0.25, 0.3) is 5.91 Å². The predicted molar refractivity (Wildman–Crippen MR) is 91.9 cm³/mol. The van der Waals surface area contributed by atoms with E-state index in [1.54, 1.807) is 6.92 Å². The maximum Gasteiger partial charge on any atom is 0.289 e. The molecule has 5 nitrogen and oxygen atoms in total. The van der Waals surface area contributed by atoms with Crippen LogP contribution in [-0.2, 0) is 0 Å². The molecule has 2 N–H and O–H groups in total. The lowest BCUT2D eigenvalue weighted by atomic mass is 10.1. The summed E-state index contributed by atoms with van der Waals surface area (Å²) in [6.07, 6.45) is 2.19. The van der Waals surface area contributed by atoms with E-state index in [0.29, 0.717) is 29.8 Å². The van der Waals surface area contributed by atoms with Crippen LogP contribution in [0.25, 0.3) is 11.5 Å². The first kappa shape index (κ1) is 17.5. The van der Waals surface area contributed by atoms with Crippen LogP contribution in [0.15, 0.2) is 34.7 Å². The van der Waals surface area contributed by atoms with E-state index in [1.807, 2.05) is 30.3 Å². The van der Waals surface area contributed by atoms with Crippen LogP contribution >= 0.6 is 12.4 Å². The first-order valence-corrected chi connectivity index (χ1v) is 7.76. The molecule has 124 valence electrons. The van der Waals surface area contributed by atoms with Gasteiger partial charge in [0.1, 0.15) is 0 Å². The molecule has 0 radical (unpaired) electrons. The predicted octanol–water partition coefficient (Wildman–Crippen LogP) is 2.80. The molecule has 1 aliphatic heterocycles. The van der Waals surface area contributed by atoms with Crippen molar-refractivity contribution in [3.8, 4) is 11.5 Å². The van der Waals surface area contributed by atoms with E-state index < -0.39 is 0 Å². The topological polar surface area (TPSA) is 67.2 Å². The Balaban J connectivity index is 0.00000192. The largest absolute Gasteiger partial charge is 0.431 e. The molecule has 0 saturated carbocycles. The Hall–Kier alpha value is -1.85. The van der Waals surface area contributed by atoms with Crippen molar-refractivity contribution in [2.45, 2.75) is 19.8 Å². The number of oxazole rings is 1. The van der Waals surface area contributed by atoms with Crippen LogP contribution in [0.1, 0.15) is 29.1 Å². The zero-order valence-electron chi connectivity index (χ0n) is 13.2. The van der Waals surface area contributed by atoms with Crippen molar-refractivity contribution >= 4 is 18.3 Å². The standard InChI is InChI=1S/C17H21N3O2.ClH/c1-12-15(16(21)19-10-8-13-7-9-18-11-13)22-17(20-12)14-5-3-2-4-6-14;/h2-6,13,18H,7-11H2,1H3,(H,19,21);1H. The number of carbonyl (C=O) groups is 1. The van der Waals surface area contributed by atoms with Gasteiger partial charge in [-0.15, -0.1) is 12.4 Å². The number of rotatable bonds is 5. The van der Waals surface area contributed by atoms with Crippen LogP contribution < -0.4 is 10.6 Å². The van der Waals surface area contributed by atoms with Gasteiger partial charge in [-0.1, -0.05) is 18.2 Å². The second-order valence-corrected chi connectivity index (χ2v) is 5.70. The Morgan fingerprint density at radius 2 is 2.17 bits per heavy atom. The number of carbonyl (C=O) groups excluding carboxylic acids is 1. The third kappa shape index (κ3) is 4.33. The van der Waals surface area contributed by atoms with Gasteiger partial charge in [0.05, 0.1) is 5.69 Å². The Kier molecular flexibility index (Phi) is 6.19. The Bertz CT molecular complexity index is 637.